The minimum atomic E-state index is -3.85. The summed E-state index contributed by atoms with van der Waals surface area (Å²) in [6.45, 7) is 7.66. The molecule has 0 bridgehead atoms. The molecule has 0 saturated heterocycles. The Morgan fingerprint density at radius 1 is 1.31 bits per heavy atom. The average Bonchev–Trinajstić information content (AvgIpc) is 2.27. The molecule has 0 saturated carbocycles. The molecule has 16 heavy (non-hydrogen) atoms. The zero-order valence-corrected chi connectivity index (χ0v) is 11.0. The topological polar surface area (TPSA) is 52.6 Å². The lowest BCUT2D eigenvalue weighted by Gasteiger charge is -2.13. The fourth-order valence-corrected chi connectivity index (χ4v) is 1.93. The second-order valence-corrected chi connectivity index (χ2v) is 4.97. The predicted octanol–water partition coefficient (Wildman–Crippen LogP) is 2.67. The van der Waals surface area contributed by atoms with Gasteiger partial charge < -0.3 is 0 Å². The van der Waals surface area contributed by atoms with Gasteiger partial charge in [0, 0.05) is 0 Å². The first-order chi connectivity index (χ1) is 7.55. The van der Waals surface area contributed by atoms with Gasteiger partial charge in [0.25, 0.3) is 0 Å². The van der Waals surface area contributed by atoms with E-state index in [1.165, 1.54) is 6.08 Å². The molecule has 0 heterocycles. The van der Waals surface area contributed by atoms with Gasteiger partial charge in [-0.15, -0.1) is 6.58 Å². The molecule has 0 amide bonds. The molecular weight excluding hydrogens is 228 g/mol. The van der Waals surface area contributed by atoms with Gasteiger partial charge in [-0.3, -0.25) is 0 Å². The molecule has 0 fully saturated rings. The van der Waals surface area contributed by atoms with Crippen molar-refractivity contribution in [2.75, 3.05) is 13.2 Å². The monoisotopic (exact) mass is 250 g/mol. The van der Waals surface area contributed by atoms with E-state index >= 15 is 0 Å². The first-order valence-electron chi connectivity index (χ1n) is 5.70. The summed E-state index contributed by atoms with van der Waals surface area (Å²) in [7, 11) is -3.85. The van der Waals surface area contributed by atoms with Crippen molar-refractivity contribution >= 4 is 10.4 Å². The van der Waals surface area contributed by atoms with Crippen LogP contribution in [0.3, 0.4) is 0 Å². The Balaban J connectivity index is 3.94. The summed E-state index contributed by atoms with van der Waals surface area (Å²) in [4.78, 5) is 0. The van der Waals surface area contributed by atoms with Crippen LogP contribution in [0, 0.1) is 5.92 Å². The van der Waals surface area contributed by atoms with Crippen molar-refractivity contribution in [3.8, 4) is 0 Å². The molecule has 0 aliphatic rings. The van der Waals surface area contributed by atoms with Crippen LogP contribution in [-0.4, -0.2) is 21.6 Å². The van der Waals surface area contributed by atoms with Crippen molar-refractivity contribution in [2.24, 2.45) is 5.92 Å². The van der Waals surface area contributed by atoms with E-state index < -0.39 is 10.4 Å². The highest BCUT2D eigenvalue weighted by atomic mass is 32.3. The van der Waals surface area contributed by atoms with E-state index in [4.69, 9.17) is 4.18 Å². The summed E-state index contributed by atoms with van der Waals surface area (Å²) >= 11 is 0. The van der Waals surface area contributed by atoms with E-state index in [0.717, 1.165) is 25.7 Å². The van der Waals surface area contributed by atoms with Gasteiger partial charge in [-0.2, -0.15) is 8.42 Å². The molecule has 0 N–H and O–H groups in total. The highest BCUT2D eigenvalue weighted by molar-refractivity contribution is 7.81. The van der Waals surface area contributed by atoms with Crippen molar-refractivity contribution in [3.05, 3.63) is 12.7 Å². The number of hydrogen-bond donors (Lipinski definition) is 0. The Morgan fingerprint density at radius 3 is 2.50 bits per heavy atom. The Kier molecular flexibility index (Phi) is 8.51. The summed E-state index contributed by atoms with van der Waals surface area (Å²) in [5, 5.41) is 0. The van der Waals surface area contributed by atoms with Crippen LogP contribution in [0.25, 0.3) is 0 Å². The molecule has 0 aliphatic heterocycles. The minimum absolute atomic E-state index is 0.0475. The molecule has 0 aliphatic carbocycles. The zero-order valence-electron chi connectivity index (χ0n) is 10.1. The third-order valence-electron chi connectivity index (χ3n) is 2.32. The first-order valence-corrected chi connectivity index (χ1v) is 7.03. The van der Waals surface area contributed by atoms with Gasteiger partial charge in [0.1, 0.15) is 0 Å². The molecule has 1 atom stereocenters. The summed E-state index contributed by atoms with van der Waals surface area (Å²) in [6, 6.07) is 0. The summed E-state index contributed by atoms with van der Waals surface area (Å²) < 4.78 is 31.7. The number of hydrogen-bond acceptors (Lipinski definition) is 4. The lowest BCUT2D eigenvalue weighted by Crippen LogP contribution is -2.16. The van der Waals surface area contributed by atoms with E-state index in [0.29, 0.717) is 0 Å². The van der Waals surface area contributed by atoms with E-state index in [-0.39, 0.29) is 19.1 Å². The third kappa shape index (κ3) is 7.84. The van der Waals surface area contributed by atoms with Crippen LogP contribution in [0.4, 0.5) is 0 Å². The fourth-order valence-electron chi connectivity index (χ4n) is 1.24. The van der Waals surface area contributed by atoms with Crippen LogP contribution in [0.5, 0.6) is 0 Å². The summed E-state index contributed by atoms with van der Waals surface area (Å²) in [5.41, 5.74) is 0. The third-order valence-corrected chi connectivity index (χ3v) is 3.17. The highest BCUT2D eigenvalue weighted by Gasteiger charge is 2.14. The predicted molar refractivity (Wildman–Crippen MR) is 64.3 cm³/mol. The molecule has 0 aromatic heterocycles. The van der Waals surface area contributed by atoms with Crippen molar-refractivity contribution in [2.45, 2.75) is 39.5 Å². The maximum atomic E-state index is 11.2. The van der Waals surface area contributed by atoms with Gasteiger partial charge in [0.2, 0.25) is 0 Å². The molecule has 0 aromatic rings. The van der Waals surface area contributed by atoms with Crippen molar-refractivity contribution < 1.29 is 16.8 Å². The minimum Gasteiger partial charge on any atom is -0.248 e. The van der Waals surface area contributed by atoms with E-state index in [2.05, 4.69) is 17.7 Å². The second-order valence-electron chi connectivity index (χ2n) is 3.68. The Morgan fingerprint density at radius 2 is 2.00 bits per heavy atom. The standard InChI is InChI=1S/C11H22O4S/c1-4-7-8-11(6-3)10-15-16(12,13)14-9-5-2/h5,11H,2,4,6-10H2,1,3H3. The molecule has 5 heteroatoms. The van der Waals surface area contributed by atoms with Crippen molar-refractivity contribution in [1.29, 1.82) is 0 Å². The Hall–Kier alpha value is -0.390. The molecule has 4 nitrogen and oxygen atoms in total. The average molecular weight is 250 g/mol. The number of rotatable bonds is 10. The molecule has 0 aromatic carbocycles. The van der Waals surface area contributed by atoms with Gasteiger partial charge in [-0.1, -0.05) is 39.2 Å². The largest absolute Gasteiger partial charge is 0.400 e. The van der Waals surface area contributed by atoms with Crippen molar-refractivity contribution in [1.82, 2.24) is 0 Å². The molecule has 0 rings (SSSR count). The second kappa shape index (κ2) is 8.73. The highest BCUT2D eigenvalue weighted by Crippen LogP contribution is 2.14. The smallest absolute Gasteiger partial charge is 0.248 e. The van der Waals surface area contributed by atoms with E-state index in [9.17, 15) is 8.42 Å². The summed E-state index contributed by atoms with van der Waals surface area (Å²) in [6.07, 6.45) is 5.47. The van der Waals surface area contributed by atoms with Crippen LogP contribution in [0.15, 0.2) is 12.7 Å². The van der Waals surface area contributed by atoms with Crippen LogP contribution in [-0.2, 0) is 18.8 Å². The van der Waals surface area contributed by atoms with Crippen LogP contribution in [0.1, 0.15) is 39.5 Å². The van der Waals surface area contributed by atoms with Crippen LogP contribution < -0.4 is 0 Å². The van der Waals surface area contributed by atoms with Gasteiger partial charge >= 0.3 is 10.4 Å². The SMILES string of the molecule is C=CCOS(=O)(=O)OCC(CC)CCCC. The Labute approximate surface area is 99.0 Å². The van der Waals surface area contributed by atoms with E-state index in [1.54, 1.807) is 0 Å². The maximum absolute atomic E-state index is 11.2. The first kappa shape index (κ1) is 15.6. The van der Waals surface area contributed by atoms with Crippen LogP contribution >= 0.6 is 0 Å². The normalized spacial score (nSPS) is 13.6. The molecule has 96 valence electrons. The van der Waals surface area contributed by atoms with Crippen molar-refractivity contribution in [3.63, 3.8) is 0 Å². The lowest BCUT2D eigenvalue weighted by atomic mass is 10.0. The zero-order chi connectivity index (χ0) is 12.4. The Bertz CT molecular complexity index is 272. The molecule has 0 spiro atoms. The van der Waals surface area contributed by atoms with Gasteiger partial charge in [0.15, 0.2) is 0 Å². The number of unbranched alkanes of at least 4 members (excludes halogenated alkanes) is 1. The fraction of sp³-hybridized carbons (Fsp3) is 0.818. The molecular formula is C11H22O4S. The van der Waals surface area contributed by atoms with E-state index in [1.807, 2.05) is 6.92 Å². The van der Waals surface area contributed by atoms with Gasteiger partial charge in [-0.05, 0) is 12.3 Å². The maximum Gasteiger partial charge on any atom is 0.400 e. The van der Waals surface area contributed by atoms with Gasteiger partial charge in [-0.25, -0.2) is 8.37 Å². The molecule has 1 unspecified atom stereocenters. The molecule has 0 radical (unpaired) electrons. The van der Waals surface area contributed by atoms with Gasteiger partial charge in [0.05, 0.1) is 13.2 Å². The van der Waals surface area contributed by atoms with Crippen LogP contribution in [0.2, 0.25) is 0 Å². The lowest BCUT2D eigenvalue weighted by molar-refractivity contribution is 0.189. The quantitative estimate of drug-likeness (QED) is 0.559. The summed E-state index contributed by atoms with van der Waals surface area (Å²) in [5.74, 6) is 0.280.